The topological polar surface area (TPSA) is 86.5 Å². The molecule has 0 bridgehead atoms. The molecule has 0 radical (unpaired) electrons. The van der Waals surface area contributed by atoms with Crippen LogP contribution in [-0.2, 0) is 4.79 Å². The summed E-state index contributed by atoms with van der Waals surface area (Å²) < 4.78 is 16.1. The van der Waals surface area contributed by atoms with Gasteiger partial charge in [0.2, 0.25) is 5.91 Å². The zero-order valence-electron chi connectivity index (χ0n) is 13.7. The number of carbonyl (C=O) groups is 1. The van der Waals surface area contributed by atoms with Crippen molar-refractivity contribution < 1.29 is 18.7 Å². The van der Waals surface area contributed by atoms with E-state index in [2.05, 4.69) is 22.1 Å². The van der Waals surface area contributed by atoms with Crippen LogP contribution in [-0.4, -0.2) is 42.1 Å². The largest absolute Gasteiger partial charge is 0.497 e. The third kappa shape index (κ3) is 4.29. The predicted octanol–water partition coefficient (Wildman–Crippen LogP) is 2.54. The van der Waals surface area contributed by atoms with Gasteiger partial charge in [0, 0.05) is 12.6 Å². The fourth-order valence-electron chi connectivity index (χ4n) is 1.86. The number of benzene rings is 1. The number of ether oxygens (including phenoxy) is 2. The average Bonchev–Trinajstić information content (AvgIpc) is 3.07. The molecule has 1 heterocycles. The number of nitrogens with one attached hydrogen (secondary N) is 1. The van der Waals surface area contributed by atoms with E-state index in [1.54, 1.807) is 45.4 Å². The fraction of sp³-hybridized carbons (Fsp3) is 0.312. The maximum absolute atomic E-state index is 11.9. The Morgan fingerprint density at radius 1 is 1.42 bits per heavy atom. The Morgan fingerprint density at radius 3 is 2.88 bits per heavy atom. The maximum atomic E-state index is 11.9. The van der Waals surface area contributed by atoms with E-state index in [0.717, 1.165) is 0 Å². The Hall–Kier alpha value is -2.48. The average molecular weight is 349 g/mol. The number of hydrogen-bond donors (Lipinski definition) is 1. The molecule has 0 saturated carbocycles. The van der Waals surface area contributed by atoms with Crippen molar-refractivity contribution in [1.29, 1.82) is 0 Å². The van der Waals surface area contributed by atoms with Gasteiger partial charge in [-0.3, -0.25) is 4.79 Å². The van der Waals surface area contributed by atoms with Crippen molar-refractivity contribution in [2.24, 2.45) is 0 Å². The summed E-state index contributed by atoms with van der Waals surface area (Å²) in [5.41, 5.74) is 0.654. The highest BCUT2D eigenvalue weighted by Gasteiger charge is 2.19. The molecular weight excluding hydrogens is 330 g/mol. The standard InChI is InChI=1S/C16H19N3O4S/c1-5-8-17-14(20)10(2)24-16-19-18-15(23-16)12-7-6-11(21-3)9-13(12)22-4/h5-7,9-10H,1,8H2,2-4H3,(H,17,20). The minimum Gasteiger partial charge on any atom is -0.497 e. The highest BCUT2D eigenvalue weighted by molar-refractivity contribution is 8.00. The molecule has 1 aromatic carbocycles. The summed E-state index contributed by atoms with van der Waals surface area (Å²) >= 11 is 1.19. The maximum Gasteiger partial charge on any atom is 0.277 e. The number of aromatic nitrogens is 2. The number of thioether (sulfide) groups is 1. The molecule has 24 heavy (non-hydrogen) atoms. The molecular formula is C16H19N3O4S. The van der Waals surface area contributed by atoms with E-state index < -0.39 is 0 Å². The summed E-state index contributed by atoms with van der Waals surface area (Å²) in [4.78, 5) is 11.9. The van der Waals surface area contributed by atoms with Gasteiger partial charge in [-0.15, -0.1) is 16.8 Å². The summed E-state index contributed by atoms with van der Waals surface area (Å²) in [7, 11) is 3.13. The first-order valence-corrected chi connectivity index (χ1v) is 8.08. The van der Waals surface area contributed by atoms with Gasteiger partial charge in [-0.05, 0) is 19.1 Å². The highest BCUT2D eigenvalue weighted by Crippen LogP contribution is 2.34. The Balaban J connectivity index is 2.13. The molecule has 8 heteroatoms. The van der Waals surface area contributed by atoms with Crippen LogP contribution >= 0.6 is 11.8 Å². The molecule has 1 aromatic heterocycles. The zero-order valence-corrected chi connectivity index (χ0v) is 14.6. The van der Waals surface area contributed by atoms with Crippen LogP contribution in [0.1, 0.15) is 6.92 Å². The van der Waals surface area contributed by atoms with Gasteiger partial charge < -0.3 is 19.2 Å². The molecule has 7 nitrogen and oxygen atoms in total. The van der Waals surface area contributed by atoms with Crippen molar-refractivity contribution in [2.45, 2.75) is 17.4 Å². The second-order valence-corrected chi connectivity index (χ2v) is 6.03. The molecule has 0 saturated heterocycles. The lowest BCUT2D eigenvalue weighted by Crippen LogP contribution is -2.30. The van der Waals surface area contributed by atoms with E-state index in [4.69, 9.17) is 13.9 Å². The minimum absolute atomic E-state index is 0.123. The van der Waals surface area contributed by atoms with Gasteiger partial charge in [0.25, 0.3) is 11.1 Å². The SMILES string of the molecule is C=CCNC(=O)C(C)Sc1nnc(-c2ccc(OC)cc2OC)o1. The number of nitrogens with zero attached hydrogens (tertiary/aromatic N) is 2. The van der Waals surface area contributed by atoms with Gasteiger partial charge in [-0.2, -0.15) is 0 Å². The van der Waals surface area contributed by atoms with Gasteiger partial charge in [-0.1, -0.05) is 17.8 Å². The summed E-state index contributed by atoms with van der Waals surface area (Å²) in [5.74, 6) is 1.42. The predicted molar refractivity (Wildman–Crippen MR) is 91.4 cm³/mol. The Bertz CT molecular complexity index is 717. The van der Waals surface area contributed by atoms with Gasteiger partial charge in [0.15, 0.2) is 0 Å². The van der Waals surface area contributed by atoms with Gasteiger partial charge in [-0.25, -0.2) is 0 Å². The number of methoxy groups -OCH3 is 2. The molecule has 1 atom stereocenters. The van der Waals surface area contributed by atoms with E-state index in [9.17, 15) is 4.79 Å². The summed E-state index contributed by atoms with van der Waals surface area (Å²) in [6.45, 7) is 5.74. The normalized spacial score (nSPS) is 11.6. The molecule has 2 rings (SSSR count). The molecule has 0 aliphatic heterocycles. The van der Waals surface area contributed by atoms with Crippen LogP contribution in [0.3, 0.4) is 0 Å². The van der Waals surface area contributed by atoms with Crippen LogP contribution in [0.2, 0.25) is 0 Å². The van der Waals surface area contributed by atoms with E-state index in [1.807, 2.05) is 0 Å². The lowest BCUT2D eigenvalue weighted by molar-refractivity contribution is -0.120. The molecule has 1 unspecified atom stereocenters. The Morgan fingerprint density at radius 2 is 2.21 bits per heavy atom. The summed E-state index contributed by atoms with van der Waals surface area (Å²) in [5, 5.41) is 10.7. The van der Waals surface area contributed by atoms with Crippen molar-refractivity contribution in [3.8, 4) is 23.0 Å². The molecule has 0 spiro atoms. The highest BCUT2D eigenvalue weighted by atomic mass is 32.2. The quantitative estimate of drug-likeness (QED) is 0.579. The van der Waals surface area contributed by atoms with Crippen molar-refractivity contribution in [3.05, 3.63) is 30.9 Å². The van der Waals surface area contributed by atoms with E-state index >= 15 is 0 Å². The molecule has 128 valence electrons. The fourth-order valence-corrected chi connectivity index (χ4v) is 2.57. The lowest BCUT2D eigenvalue weighted by Gasteiger charge is -2.08. The molecule has 0 aliphatic carbocycles. The molecule has 1 N–H and O–H groups in total. The number of rotatable bonds is 8. The third-order valence-corrected chi connectivity index (χ3v) is 4.05. The molecule has 0 fully saturated rings. The first kappa shape index (κ1) is 17.9. The first-order valence-electron chi connectivity index (χ1n) is 7.20. The third-order valence-electron chi connectivity index (χ3n) is 3.11. The van der Waals surface area contributed by atoms with Crippen LogP contribution in [0.4, 0.5) is 0 Å². The summed E-state index contributed by atoms with van der Waals surface area (Å²) in [6.07, 6.45) is 1.62. The van der Waals surface area contributed by atoms with Crippen LogP contribution < -0.4 is 14.8 Å². The van der Waals surface area contributed by atoms with Crippen LogP contribution in [0.15, 0.2) is 40.5 Å². The number of amides is 1. The second kappa shape index (κ2) is 8.39. The van der Waals surface area contributed by atoms with Crippen molar-refractivity contribution in [2.75, 3.05) is 20.8 Å². The zero-order chi connectivity index (χ0) is 17.5. The van der Waals surface area contributed by atoms with Crippen LogP contribution in [0, 0.1) is 0 Å². The van der Waals surface area contributed by atoms with Crippen molar-refractivity contribution >= 4 is 17.7 Å². The van der Waals surface area contributed by atoms with E-state index in [0.29, 0.717) is 34.7 Å². The minimum atomic E-state index is -0.365. The van der Waals surface area contributed by atoms with Crippen molar-refractivity contribution in [1.82, 2.24) is 15.5 Å². The second-order valence-electron chi connectivity index (χ2n) is 4.73. The monoisotopic (exact) mass is 349 g/mol. The molecule has 0 aliphatic rings. The molecule has 2 aromatic rings. The Labute approximate surface area is 144 Å². The van der Waals surface area contributed by atoms with E-state index in [-0.39, 0.29) is 11.2 Å². The lowest BCUT2D eigenvalue weighted by atomic mass is 10.2. The van der Waals surface area contributed by atoms with Crippen molar-refractivity contribution in [3.63, 3.8) is 0 Å². The van der Waals surface area contributed by atoms with Gasteiger partial charge >= 0.3 is 0 Å². The van der Waals surface area contributed by atoms with Gasteiger partial charge in [0.1, 0.15) is 11.5 Å². The van der Waals surface area contributed by atoms with E-state index in [1.165, 1.54) is 11.8 Å². The Kier molecular flexibility index (Phi) is 6.25. The summed E-state index contributed by atoms with van der Waals surface area (Å²) in [6, 6.07) is 5.29. The number of hydrogen-bond acceptors (Lipinski definition) is 7. The van der Waals surface area contributed by atoms with Crippen LogP contribution in [0.5, 0.6) is 11.5 Å². The first-order chi connectivity index (χ1) is 11.6. The number of carbonyl (C=O) groups excluding carboxylic acids is 1. The van der Waals surface area contributed by atoms with Gasteiger partial charge in [0.05, 0.1) is 25.0 Å². The molecule has 1 amide bonds. The smallest absolute Gasteiger partial charge is 0.277 e. The van der Waals surface area contributed by atoms with Crippen LogP contribution in [0.25, 0.3) is 11.5 Å².